The van der Waals surface area contributed by atoms with E-state index in [1.54, 1.807) is 0 Å². The molecule has 0 N–H and O–H groups in total. The number of aromatic nitrogens is 2. The van der Waals surface area contributed by atoms with E-state index in [2.05, 4.69) is 72.0 Å². The Morgan fingerprint density at radius 1 is 1.04 bits per heavy atom. The maximum Gasteiger partial charge on any atom is 0.134 e. The zero-order chi connectivity index (χ0) is 17.8. The van der Waals surface area contributed by atoms with Crippen molar-refractivity contribution in [2.24, 2.45) is 0 Å². The number of piperazine rings is 1. The number of rotatable bonds is 5. The highest BCUT2D eigenvalue weighted by Crippen LogP contribution is 2.23. The van der Waals surface area contributed by atoms with Crippen LogP contribution in [0, 0.1) is 6.92 Å². The van der Waals surface area contributed by atoms with Crippen molar-refractivity contribution >= 4 is 11.6 Å². The van der Waals surface area contributed by atoms with Crippen LogP contribution in [-0.2, 0) is 6.54 Å². The number of benzene rings is 1. The normalized spacial score (nSPS) is 15.6. The molecule has 1 saturated heterocycles. The van der Waals surface area contributed by atoms with E-state index in [1.165, 1.54) is 5.56 Å². The van der Waals surface area contributed by atoms with Crippen LogP contribution in [0.5, 0.6) is 0 Å². The lowest BCUT2D eigenvalue weighted by molar-refractivity contribution is 0.312. The molecule has 0 aliphatic carbocycles. The molecule has 25 heavy (non-hydrogen) atoms. The molecule has 0 spiro atoms. The summed E-state index contributed by atoms with van der Waals surface area (Å²) < 4.78 is 0. The van der Waals surface area contributed by atoms with Gasteiger partial charge in [-0.05, 0) is 33.4 Å². The molecule has 1 aliphatic rings. The van der Waals surface area contributed by atoms with Crippen LogP contribution in [0.25, 0.3) is 0 Å². The molecule has 1 aromatic heterocycles. The average Bonchev–Trinajstić information content (AvgIpc) is 2.60. The lowest BCUT2D eigenvalue weighted by Gasteiger charge is -2.34. The quantitative estimate of drug-likeness (QED) is 0.837. The molecule has 2 aromatic rings. The molecule has 0 atom stereocenters. The van der Waals surface area contributed by atoms with Crippen LogP contribution in [0.15, 0.2) is 36.4 Å². The fourth-order valence-corrected chi connectivity index (χ4v) is 3.19. The monoisotopic (exact) mass is 339 g/mol. The molecule has 0 saturated carbocycles. The van der Waals surface area contributed by atoms with Gasteiger partial charge in [-0.25, -0.2) is 9.97 Å². The van der Waals surface area contributed by atoms with Gasteiger partial charge in [-0.15, -0.1) is 0 Å². The van der Waals surface area contributed by atoms with Crippen LogP contribution in [0.4, 0.5) is 11.6 Å². The molecule has 5 nitrogen and oxygen atoms in total. The van der Waals surface area contributed by atoms with Crippen molar-refractivity contribution in [3.05, 3.63) is 47.8 Å². The van der Waals surface area contributed by atoms with Gasteiger partial charge in [0.2, 0.25) is 0 Å². The Balaban J connectivity index is 1.86. The largest absolute Gasteiger partial charge is 0.354 e. The SMILES string of the molecule is Cc1nc(N2CCN(C)CC2)cc(N(Cc2ccccc2)C(C)C)n1. The fourth-order valence-electron chi connectivity index (χ4n) is 3.19. The van der Waals surface area contributed by atoms with E-state index in [9.17, 15) is 0 Å². The van der Waals surface area contributed by atoms with Crippen LogP contribution in [0.3, 0.4) is 0 Å². The number of hydrogen-bond donors (Lipinski definition) is 0. The third-order valence-electron chi connectivity index (χ3n) is 4.75. The predicted octanol–water partition coefficient (Wildman–Crippen LogP) is 2.95. The number of anilines is 2. The summed E-state index contributed by atoms with van der Waals surface area (Å²) in [7, 11) is 2.17. The fraction of sp³-hybridized carbons (Fsp3) is 0.500. The van der Waals surface area contributed by atoms with Gasteiger partial charge in [0.1, 0.15) is 17.5 Å². The summed E-state index contributed by atoms with van der Waals surface area (Å²) in [5, 5.41) is 0. The maximum atomic E-state index is 4.74. The summed E-state index contributed by atoms with van der Waals surface area (Å²) in [6.07, 6.45) is 0. The lowest BCUT2D eigenvalue weighted by atomic mass is 10.2. The molecule has 134 valence electrons. The van der Waals surface area contributed by atoms with Crippen molar-refractivity contribution in [2.75, 3.05) is 43.0 Å². The highest BCUT2D eigenvalue weighted by atomic mass is 15.3. The molecule has 1 fully saturated rings. The van der Waals surface area contributed by atoms with Crippen molar-refractivity contribution in [1.29, 1.82) is 0 Å². The molecular formula is C20H29N5. The van der Waals surface area contributed by atoms with E-state index < -0.39 is 0 Å². The van der Waals surface area contributed by atoms with E-state index in [-0.39, 0.29) is 0 Å². The Labute approximate surface area is 151 Å². The molecule has 3 rings (SSSR count). The maximum absolute atomic E-state index is 4.74. The summed E-state index contributed by atoms with van der Waals surface area (Å²) >= 11 is 0. The van der Waals surface area contributed by atoms with Crippen LogP contribution in [0.1, 0.15) is 25.2 Å². The minimum absolute atomic E-state index is 0.370. The third-order valence-corrected chi connectivity index (χ3v) is 4.75. The van der Waals surface area contributed by atoms with E-state index in [1.807, 2.05) is 6.92 Å². The van der Waals surface area contributed by atoms with Gasteiger partial charge in [0.05, 0.1) is 0 Å². The summed E-state index contributed by atoms with van der Waals surface area (Å²) in [4.78, 5) is 16.5. The van der Waals surface area contributed by atoms with Crippen molar-refractivity contribution in [1.82, 2.24) is 14.9 Å². The molecule has 0 unspecified atom stereocenters. The summed E-state index contributed by atoms with van der Waals surface area (Å²) in [6, 6.07) is 13.1. The van der Waals surface area contributed by atoms with Crippen molar-refractivity contribution in [3.8, 4) is 0 Å². The van der Waals surface area contributed by atoms with Crippen molar-refractivity contribution < 1.29 is 0 Å². The van der Waals surface area contributed by atoms with E-state index in [0.29, 0.717) is 6.04 Å². The van der Waals surface area contributed by atoms with Crippen LogP contribution in [-0.4, -0.2) is 54.1 Å². The Bertz CT molecular complexity index is 678. The highest BCUT2D eigenvalue weighted by Gasteiger charge is 2.19. The first-order chi connectivity index (χ1) is 12.0. The average molecular weight is 339 g/mol. The molecule has 1 aromatic carbocycles. The molecule has 0 bridgehead atoms. The summed E-state index contributed by atoms with van der Waals surface area (Å²) in [6.45, 7) is 11.5. The van der Waals surface area contributed by atoms with Gasteiger partial charge in [-0.1, -0.05) is 30.3 Å². The first kappa shape index (κ1) is 17.7. The predicted molar refractivity (Wildman–Crippen MR) is 104 cm³/mol. The second-order valence-electron chi connectivity index (χ2n) is 7.13. The minimum Gasteiger partial charge on any atom is -0.354 e. The lowest BCUT2D eigenvalue weighted by Crippen LogP contribution is -2.45. The van der Waals surface area contributed by atoms with E-state index in [4.69, 9.17) is 9.97 Å². The Morgan fingerprint density at radius 2 is 1.72 bits per heavy atom. The number of hydrogen-bond acceptors (Lipinski definition) is 5. The summed E-state index contributed by atoms with van der Waals surface area (Å²) in [5.41, 5.74) is 1.30. The zero-order valence-electron chi connectivity index (χ0n) is 15.8. The van der Waals surface area contributed by atoms with Crippen LogP contribution in [0.2, 0.25) is 0 Å². The molecule has 0 radical (unpaired) electrons. The Hall–Kier alpha value is -2.14. The zero-order valence-corrected chi connectivity index (χ0v) is 15.8. The summed E-state index contributed by atoms with van der Waals surface area (Å²) in [5.74, 6) is 2.90. The third kappa shape index (κ3) is 4.48. The topological polar surface area (TPSA) is 35.5 Å². The minimum atomic E-state index is 0.370. The molecule has 5 heteroatoms. The number of aryl methyl sites for hydroxylation is 1. The second kappa shape index (κ2) is 7.83. The van der Waals surface area contributed by atoms with Gasteiger partial charge >= 0.3 is 0 Å². The van der Waals surface area contributed by atoms with Gasteiger partial charge in [0.25, 0.3) is 0 Å². The first-order valence-corrected chi connectivity index (χ1v) is 9.12. The Morgan fingerprint density at radius 3 is 2.36 bits per heavy atom. The molecule has 2 heterocycles. The van der Waals surface area contributed by atoms with Crippen LogP contribution >= 0.6 is 0 Å². The van der Waals surface area contributed by atoms with Gasteiger partial charge in [-0.3, -0.25) is 0 Å². The number of nitrogens with zero attached hydrogens (tertiary/aromatic N) is 5. The van der Waals surface area contributed by atoms with Crippen LogP contribution < -0.4 is 9.80 Å². The molecule has 0 amide bonds. The highest BCUT2D eigenvalue weighted by molar-refractivity contribution is 5.52. The van der Waals surface area contributed by atoms with E-state index in [0.717, 1.165) is 50.2 Å². The number of likely N-dealkylation sites (N-methyl/N-ethyl adjacent to an activating group) is 1. The second-order valence-corrected chi connectivity index (χ2v) is 7.13. The van der Waals surface area contributed by atoms with Gasteiger partial charge in [-0.2, -0.15) is 0 Å². The smallest absolute Gasteiger partial charge is 0.134 e. The first-order valence-electron chi connectivity index (χ1n) is 9.12. The Kier molecular flexibility index (Phi) is 5.53. The molecular weight excluding hydrogens is 310 g/mol. The van der Waals surface area contributed by atoms with Crippen molar-refractivity contribution in [2.45, 2.75) is 33.4 Å². The van der Waals surface area contributed by atoms with Gasteiger partial charge in [0, 0.05) is 44.8 Å². The van der Waals surface area contributed by atoms with E-state index >= 15 is 0 Å². The standard InChI is InChI=1S/C20H29N5/c1-16(2)25(15-18-8-6-5-7-9-18)20-14-19(21-17(3)22-20)24-12-10-23(4)11-13-24/h5-9,14,16H,10-13,15H2,1-4H3. The van der Waals surface area contributed by atoms with Gasteiger partial charge < -0.3 is 14.7 Å². The molecule has 1 aliphatic heterocycles. The van der Waals surface area contributed by atoms with Crippen molar-refractivity contribution in [3.63, 3.8) is 0 Å². The van der Waals surface area contributed by atoms with Gasteiger partial charge in [0.15, 0.2) is 0 Å².